The van der Waals surface area contributed by atoms with E-state index in [4.69, 9.17) is 10.2 Å². The van der Waals surface area contributed by atoms with Crippen LogP contribution in [0.2, 0.25) is 0 Å². The summed E-state index contributed by atoms with van der Waals surface area (Å²) in [5, 5.41) is 16.7. The van der Waals surface area contributed by atoms with Crippen molar-refractivity contribution >= 4 is 18.0 Å². The highest BCUT2D eigenvalue weighted by Gasteiger charge is 2.08. The van der Waals surface area contributed by atoms with Gasteiger partial charge in [0.05, 0.1) is 6.54 Å². The minimum atomic E-state index is -1.34. The Kier molecular flexibility index (Phi) is 4.83. The van der Waals surface area contributed by atoms with E-state index in [0.717, 1.165) is 0 Å². The summed E-state index contributed by atoms with van der Waals surface area (Å²) in [4.78, 5) is 33.2. The van der Waals surface area contributed by atoms with Crippen molar-refractivity contribution in [2.45, 2.75) is 6.42 Å². The van der Waals surface area contributed by atoms with Crippen LogP contribution in [0.15, 0.2) is 16.6 Å². The molecule has 0 fully saturated rings. The molecule has 0 aliphatic carbocycles. The van der Waals surface area contributed by atoms with Crippen molar-refractivity contribution in [1.82, 2.24) is 0 Å². The molecule has 0 heterocycles. The number of carbonyl (C=O) groups excluding carboxylic acids is 1. The second-order valence-corrected chi connectivity index (χ2v) is 2.04. The van der Waals surface area contributed by atoms with Crippen molar-refractivity contribution < 1.29 is 24.6 Å². The van der Waals surface area contributed by atoms with Crippen LogP contribution in [0.4, 0.5) is 0 Å². The van der Waals surface area contributed by atoms with Gasteiger partial charge in [-0.05, 0) is 0 Å². The number of carbonyl (C=O) groups is 2. The van der Waals surface area contributed by atoms with E-state index in [1.54, 1.807) is 0 Å². The quantitative estimate of drug-likeness (QED) is 0.351. The fourth-order valence-electron chi connectivity index (χ4n) is 0.612. The number of rotatable bonds is 5. The zero-order valence-electron chi connectivity index (χ0n) is 6.56. The summed E-state index contributed by atoms with van der Waals surface area (Å²) < 4.78 is 0. The van der Waals surface area contributed by atoms with E-state index in [1.165, 1.54) is 6.08 Å². The van der Waals surface area contributed by atoms with Gasteiger partial charge in [-0.15, -0.1) is 0 Å². The fraction of sp³-hybridized carbons (Fsp3) is 0.286. The van der Waals surface area contributed by atoms with Crippen LogP contribution < -0.4 is 0 Å². The summed E-state index contributed by atoms with van der Waals surface area (Å²) in [6.07, 6.45) is 1.69. The maximum Gasteiger partial charge on any atom is 0.331 e. The van der Waals surface area contributed by atoms with Gasteiger partial charge in [0.1, 0.15) is 0 Å². The standard InChI is InChI=1S/C7H7NO5/c9-4-8-2-1-5(7(12)13)3-6(10)11/h3H,1-2H2,(H,10,11)(H,12,13)/b5-3+. The first-order chi connectivity index (χ1) is 6.07. The van der Waals surface area contributed by atoms with Crippen LogP contribution in [0.1, 0.15) is 6.42 Å². The molecule has 0 amide bonds. The minimum Gasteiger partial charge on any atom is -0.478 e. The normalized spacial score (nSPS) is 10.3. The number of carboxylic acid groups (broad SMARTS) is 2. The van der Waals surface area contributed by atoms with E-state index in [2.05, 4.69) is 4.99 Å². The summed E-state index contributed by atoms with van der Waals surface area (Å²) >= 11 is 0. The minimum absolute atomic E-state index is 0.0745. The predicted molar refractivity (Wildman–Crippen MR) is 41.0 cm³/mol. The Hall–Kier alpha value is -1.94. The largest absolute Gasteiger partial charge is 0.478 e. The van der Waals surface area contributed by atoms with E-state index in [1.807, 2.05) is 0 Å². The van der Waals surface area contributed by atoms with Crippen molar-refractivity contribution in [3.63, 3.8) is 0 Å². The van der Waals surface area contributed by atoms with Crippen LogP contribution in [0.3, 0.4) is 0 Å². The highest BCUT2D eigenvalue weighted by atomic mass is 16.4. The molecule has 6 heteroatoms. The molecule has 70 valence electrons. The van der Waals surface area contributed by atoms with Gasteiger partial charge >= 0.3 is 11.9 Å². The first-order valence-electron chi connectivity index (χ1n) is 3.28. The molecule has 0 aromatic heterocycles. The smallest absolute Gasteiger partial charge is 0.331 e. The van der Waals surface area contributed by atoms with Gasteiger partial charge in [-0.1, -0.05) is 0 Å². The van der Waals surface area contributed by atoms with E-state index in [-0.39, 0.29) is 18.5 Å². The highest BCUT2D eigenvalue weighted by Crippen LogP contribution is 2.01. The molecule has 0 radical (unpaired) electrons. The van der Waals surface area contributed by atoms with Gasteiger partial charge in [0.25, 0.3) is 0 Å². The van der Waals surface area contributed by atoms with Gasteiger partial charge in [0, 0.05) is 18.1 Å². The second-order valence-electron chi connectivity index (χ2n) is 2.04. The Morgan fingerprint density at radius 2 is 2.00 bits per heavy atom. The molecule has 0 aromatic carbocycles. The Labute approximate surface area is 73.2 Å². The van der Waals surface area contributed by atoms with Crippen molar-refractivity contribution in [2.24, 2.45) is 4.99 Å². The molecule has 0 aromatic rings. The number of carboxylic acids is 2. The van der Waals surface area contributed by atoms with Crippen molar-refractivity contribution in [3.05, 3.63) is 11.6 Å². The van der Waals surface area contributed by atoms with Gasteiger partial charge in [-0.25, -0.2) is 19.4 Å². The van der Waals surface area contributed by atoms with Crippen LogP contribution in [0.5, 0.6) is 0 Å². The van der Waals surface area contributed by atoms with Gasteiger partial charge in [-0.2, -0.15) is 0 Å². The molecular weight excluding hydrogens is 178 g/mol. The number of nitrogens with zero attached hydrogens (tertiary/aromatic N) is 1. The monoisotopic (exact) mass is 185 g/mol. The van der Waals surface area contributed by atoms with Crippen molar-refractivity contribution in [1.29, 1.82) is 0 Å². The van der Waals surface area contributed by atoms with Crippen molar-refractivity contribution in [3.8, 4) is 0 Å². The highest BCUT2D eigenvalue weighted by molar-refractivity contribution is 5.94. The third-order valence-electron chi connectivity index (χ3n) is 1.13. The predicted octanol–water partition coefficient (Wildman–Crippen LogP) is -0.192. The molecule has 0 atom stereocenters. The van der Waals surface area contributed by atoms with Gasteiger partial charge in [0.15, 0.2) is 0 Å². The van der Waals surface area contributed by atoms with E-state index in [0.29, 0.717) is 6.08 Å². The second kappa shape index (κ2) is 5.68. The number of hydrogen-bond acceptors (Lipinski definition) is 4. The molecular formula is C7H7NO5. The molecule has 0 saturated carbocycles. The molecule has 0 aliphatic rings. The van der Waals surface area contributed by atoms with E-state index < -0.39 is 11.9 Å². The first kappa shape index (κ1) is 11.1. The fourth-order valence-corrected chi connectivity index (χ4v) is 0.612. The van der Waals surface area contributed by atoms with Gasteiger partial charge in [0.2, 0.25) is 6.08 Å². The molecule has 0 saturated heterocycles. The number of hydrogen-bond donors (Lipinski definition) is 2. The summed E-state index contributed by atoms with van der Waals surface area (Å²) in [6.45, 7) is -0.0745. The summed E-state index contributed by atoms with van der Waals surface area (Å²) in [5.74, 6) is -2.67. The van der Waals surface area contributed by atoms with Crippen LogP contribution >= 0.6 is 0 Å². The van der Waals surface area contributed by atoms with Crippen molar-refractivity contribution in [2.75, 3.05) is 6.54 Å². The van der Waals surface area contributed by atoms with Crippen LogP contribution in [-0.2, 0) is 14.4 Å². The van der Waals surface area contributed by atoms with Crippen LogP contribution in [0.25, 0.3) is 0 Å². The maximum absolute atomic E-state index is 10.4. The lowest BCUT2D eigenvalue weighted by molar-refractivity contribution is -0.135. The molecule has 0 rings (SSSR count). The maximum atomic E-state index is 10.4. The van der Waals surface area contributed by atoms with E-state index in [9.17, 15) is 14.4 Å². The number of aliphatic carboxylic acids is 2. The average molecular weight is 185 g/mol. The van der Waals surface area contributed by atoms with Gasteiger partial charge < -0.3 is 10.2 Å². The van der Waals surface area contributed by atoms with E-state index >= 15 is 0 Å². The Morgan fingerprint density at radius 3 is 2.38 bits per heavy atom. The zero-order chi connectivity index (χ0) is 10.3. The molecule has 6 nitrogen and oxygen atoms in total. The SMILES string of the molecule is O=C=NCC/C(=C\C(=O)O)C(=O)O. The third kappa shape index (κ3) is 5.34. The Morgan fingerprint density at radius 1 is 1.38 bits per heavy atom. The lowest BCUT2D eigenvalue weighted by Crippen LogP contribution is -2.05. The average Bonchev–Trinajstić information content (AvgIpc) is 2.02. The molecule has 0 bridgehead atoms. The van der Waals surface area contributed by atoms with Crippen LogP contribution in [0, 0.1) is 0 Å². The molecule has 0 spiro atoms. The Balaban J connectivity index is 4.35. The molecule has 0 unspecified atom stereocenters. The topological polar surface area (TPSA) is 104 Å². The Bertz CT molecular complexity index is 287. The van der Waals surface area contributed by atoms with Crippen LogP contribution in [-0.4, -0.2) is 34.8 Å². The third-order valence-corrected chi connectivity index (χ3v) is 1.13. The lowest BCUT2D eigenvalue weighted by atomic mass is 10.2. The summed E-state index contributed by atoms with van der Waals surface area (Å²) in [7, 11) is 0. The molecule has 0 aliphatic heterocycles. The number of aliphatic imine (C=N–C) groups is 1. The summed E-state index contributed by atoms with van der Waals surface area (Å²) in [6, 6.07) is 0. The number of isocyanates is 1. The van der Waals surface area contributed by atoms with Gasteiger partial charge in [-0.3, -0.25) is 0 Å². The first-order valence-corrected chi connectivity index (χ1v) is 3.28. The summed E-state index contributed by atoms with van der Waals surface area (Å²) in [5.41, 5.74) is -0.300. The molecule has 13 heavy (non-hydrogen) atoms. The lowest BCUT2D eigenvalue weighted by Gasteiger charge is -1.95. The molecule has 2 N–H and O–H groups in total. The zero-order valence-corrected chi connectivity index (χ0v) is 6.56.